The third-order valence-corrected chi connectivity index (χ3v) is 8.10. The van der Waals surface area contributed by atoms with E-state index < -0.39 is 6.09 Å². The number of nitrogens with zero attached hydrogens (tertiary/aromatic N) is 1. The third-order valence-electron chi connectivity index (χ3n) is 6.47. The summed E-state index contributed by atoms with van der Waals surface area (Å²) in [6, 6.07) is 22.8. The Hall–Kier alpha value is -4.27. The maximum atomic E-state index is 12.8. The largest absolute Gasteiger partial charge is 0.449 e. The van der Waals surface area contributed by atoms with Crippen molar-refractivity contribution in [1.82, 2.24) is 10.3 Å². The fraction of sp³-hybridized carbons (Fsp3) is 0.100. The molecule has 0 radical (unpaired) electrons. The number of benzene rings is 3. The highest BCUT2D eigenvalue weighted by Gasteiger charge is 2.29. The zero-order valence-electron chi connectivity index (χ0n) is 20.6. The number of ether oxygens (including phenoxy) is 1. The zero-order chi connectivity index (χ0) is 27.4. The second-order valence-corrected chi connectivity index (χ2v) is 10.2. The second kappa shape index (κ2) is 11.6. The van der Waals surface area contributed by atoms with Gasteiger partial charge in [-0.05, 0) is 52.1 Å². The quantitative estimate of drug-likeness (QED) is 0.156. The Kier molecular flexibility index (Phi) is 7.86. The molecule has 0 saturated carbocycles. The van der Waals surface area contributed by atoms with Crippen LogP contribution < -0.4 is 5.32 Å². The maximum absolute atomic E-state index is 12.8. The van der Waals surface area contributed by atoms with E-state index in [-0.39, 0.29) is 24.8 Å². The van der Waals surface area contributed by atoms with E-state index in [0.717, 1.165) is 34.8 Å². The number of hydrogen-bond acceptors (Lipinski definition) is 7. The third kappa shape index (κ3) is 5.48. The smallest absolute Gasteiger partial charge is 0.407 e. The van der Waals surface area contributed by atoms with Gasteiger partial charge in [0.1, 0.15) is 11.6 Å². The molecular formula is C30H23ClN4O3S. The number of carbonyl (C=O) groups is 2. The van der Waals surface area contributed by atoms with E-state index >= 15 is 0 Å². The summed E-state index contributed by atoms with van der Waals surface area (Å²) in [4.78, 5) is 29.2. The molecule has 1 aliphatic rings. The molecule has 5 rings (SSSR count). The minimum Gasteiger partial charge on any atom is -0.449 e. The Labute approximate surface area is 234 Å². The first kappa shape index (κ1) is 26.3. The summed E-state index contributed by atoms with van der Waals surface area (Å²) in [6.45, 7) is 0.235. The first-order chi connectivity index (χ1) is 19.0. The van der Waals surface area contributed by atoms with E-state index in [2.05, 4.69) is 34.6 Å². The van der Waals surface area contributed by atoms with Crippen molar-refractivity contribution in [3.8, 4) is 11.1 Å². The Morgan fingerprint density at radius 1 is 1.05 bits per heavy atom. The Morgan fingerprint density at radius 2 is 1.74 bits per heavy atom. The molecular weight excluding hydrogens is 532 g/mol. The minimum atomic E-state index is -0.595. The van der Waals surface area contributed by atoms with Crippen molar-refractivity contribution < 1.29 is 14.3 Å². The highest BCUT2D eigenvalue weighted by Crippen LogP contribution is 2.44. The van der Waals surface area contributed by atoms with Crippen LogP contribution in [0.1, 0.15) is 38.5 Å². The van der Waals surface area contributed by atoms with Crippen LogP contribution in [0, 0.1) is 10.8 Å². The fourth-order valence-electron chi connectivity index (χ4n) is 4.63. The van der Waals surface area contributed by atoms with E-state index in [1.807, 2.05) is 24.3 Å². The predicted molar refractivity (Wildman–Crippen MR) is 153 cm³/mol. The summed E-state index contributed by atoms with van der Waals surface area (Å²) >= 11 is 7.78. The van der Waals surface area contributed by atoms with Crippen LogP contribution in [0.15, 0.2) is 88.9 Å². The van der Waals surface area contributed by atoms with Gasteiger partial charge >= 0.3 is 6.09 Å². The molecule has 194 valence electrons. The van der Waals surface area contributed by atoms with Gasteiger partial charge < -0.3 is 15.5 Å². The van der Waals surface area contributed by atoms with Crippen molar-refractivity contribution in [3.05, 3.63) is 112 Å². The maximum Gasteiger partial charge on any atom is 0.407 e. The van der Waals surface area contributed by atoms with E-state index in [1.165, 1.54) is 11.8 Å². The molecule has 4 aromatic rings. The molecule has 1 aromatic heterocycles. The average Bonchev–Trinajstić information content (AvgIpc) is 3.29. The number of fused-ring (bicyclic) bond motifs is 3. The van der Waals surface area contributed by atoms with Gasteiger partial charge in [0.2, 0.25) is 0 Å². The molecule has 0 aliphatic heterocycles. The molecule has 1 heterocycles. The number of hydrogen-bond donors (Lipinski definition) is 3. The molecule has 9 heteroatoms. The van der Waals surface area contributed by atoms with E-state index in [1.54, 1.807) is 30.5 Å². The van der Waals surface area contributed by atoms with Gasteiger partial charge in [-0.3, -0.25) is 10.2 Å². The zero-order valence-corrected chi connectivity index (χ0v) is 22.2. The molecule has 3 aromatic carbocycles. The Morgan fingerprint density at radius 3 is 2.41 bits per heavy atom. The van der Waals surface area contributed by atoms with Crippen molar-refractivity contribution in [1.29, 1.82) is 10.8 Å². The van der Waals surface area contributed by atoms with E-state index in [9.17, 15) is 9.59 Å². The van der Waals surface area contributed by atoms with Crippen LogP contribution in [-0.2, 0) is 11.3 Å². The normalized spacial score (nSPS) is 11.8. The van der Waals surface area contributed by atoms with Gasteiger partial charge in [0.15, 0.2) is 6.29 Å². The van der Waals surface area contributed by atoms with Crippen LogP contribution in [0.5, 0.6) is 0 Å². The summed E-state index contributed by atoms with van der Waals surface area (Å²) in [5, 5.41) is 19.1. The van der Waals surface area contributed by atoms with Gasteiger partial charge in [0.05, 0.1) is 10.7 Å². The van der Waals surface area contributed by atoms with Gasteiger partial charge in [-0.15, -0.1) is 0 Å². The lowest BCUT2D eigenvalue weighted by atomic mass is 9.98. The molecule has 0 bridgehead atoms. The number of alkyl carbamates (subject to hydrolysis) is 1. The summed E-state index contributed by atoms with van der Waals surface area (Å²) in [5.41, 5.74) is 5.95. The van der Waals surface area contributed by atoms with Crippen LogP contribution in [0.2, 0.25) is 5.02 Å². The topological polar surface area (TPSA) is 116 Å². The van der Waals surface area contributed by atoms with Crippen molar-refractivity contribution in [2.45, 2.75) is 22.4 Å². The minimum absolute atomic E-state index is 0.0257. The van der Waals surface area contributed by atoms with Crippen LogP contribution in [0.25, 0.3) is 11.1 Å². The molecule has 0 atom stereocenters. The van der Waals surface area contributed by atoms with Gasteiger partial charge in [0.25, 0.3) is 0 Å². The van der Waals surface area contributed by atoms with Crippen LogP contribution in [0.3, 0.4) is 0 Å². The van der Waals surface area contributed by atoms with Crippen molar-refractivity contribution in [2.75, 3.05) is 6.61 Å². The molecule has 0 fully saturated rings. The van der Waals surface area contributed by atoms with Crippen molar-refractivity contribution >= 4 is 47.7 Å². The summed E-state index contributed by atoms with van der Waals surface area (Å²) < 4.78 is 5.66. The van der Waals surface area contributed by atoms with E-state index in [4.69, 9.17) is 27.2 Å². The summed E-state index contributed by atoms with van der Waals surface area (Å²) in [6.07, 6.45) is 2.63. The number of halogens is 1. The Balaban J connectivity index is 1.34. The Bertz CT molecular complexity index is 1560. The number of nitrogens with one attached hydrogen (secondary N) is 3. The molecule has 3 N–H and O–H groups in total. The van der Waals surface area contributed by atoms with Crippen LogP contribution in [0.4, 0.5) is 4.79 Å². The number of aldehydes is 1. The molecule has 0 unspecified atom stereocenters. The monoisotopic (exact) mass is 554 g/mol. The highest BCUT2D eigenvalue weighted by molar-refractivity contribution is 7.99. The fourth-order valence-corrected chi connectivity index (χ4v) is 5.94. The van der Waals surface area contributed by atoms with Gasteiger partial charge in [0, 0.05) is 40.9 Å². The number of pyridine rings is 1. The molecule has 7 nitrogen and oxygen atoms in total. The highest BCUT2D eigenvalue weighted by atomic mass is 35.5. The van der Waals surface area contributed by atoms with Crippen LogP contribution in [-0.4, -0.2) is 35.9 Å². The summed E-state index contributed by atoms with van der Waals surface area (Å²) in [7, 11) is 0. The lowest BCUT2D eigenvalue weighted by Gasteiger charge is -2.16. The second-order valence-electron chi connectivity index (χ2n) is 8.80. The van der Waals surface area contributed by atoms with Gasteiger partial charge in [-0.25, -0.2) is 9.78 Å². The average molecular weight is 555 g/mol. The summed E-state index contributed by atoms with van der Waals surface area (Å²) in [5.74, 6) is -0.0639. The van der Waals surface area contributed by atoms with Crippen molar-refractivity contribution in [2.24, 2.45) is 0 Å². The standard InChI is InChI=1S/C30H23ClN4O3S/c31-26-13-19(27(33)14-32)12-20(28(26)39-29-18(16-36)6-5-11-34-29)15-35-30(37)38-17-25-23-9-3-1-7-21(23)22-8-2-4-10-24(22)25/h1-14,16,25,32-33H,15,17H2,(H,35,37). The predicted octanol–water partition coefficient (Wildman–Crippen LogP) is 6.75. The number of carbonyl (C=O) groups excluding carboxylic acids is 2. The SMILES string of the molecule is N=CC(=N)c1cc(Cl)c(Sc2ncccc2C=O)c(CNC(=O)OCC2c3ccccc3-c3ccccc32)c1. The number of rotatable bonds is 9. The number of aromatic nitrogens is 1. The molecule has 1 aliphatic carbocycles. The lowest BCUT2D eigenvalue weighted by Crippen LogP contribution is -2.26. The molecule has 1 amide bonds. The van der Waals surface area contributed by atoms with Crippen molar-refractivity contribution in [3.63, 3.8) is 0 Å². The number of amides is 1. The first-order valence-electron chi connectivity index (χ1n) is 12.1. The molecule has 0 spiro atoms. The van der Waals surface area contributed by atoms with E-state index in [0.29, 0.717) is 31.6 Å². The molecule has 39 heavy (non-hydrogen) atoms. The lowest BCUT2D eigenvalue weighted by molar-refractivity contribution is 0.112. The van der Waals surface area contributed by atoms with Crippen LogP contribution >= 0.6 is 23.4 Å². The van der Waals surface area contributed by atoms with Gasteiger partial charge in [-0.2, -0.15) is 0 Å². The molecule has 0 saturated heterocycles. The van der Waals surface area contributed by atoms with Gasteiger partial charge in [-0.1, -0.05) is 71.9 Å². The first-order valence-corrected chi connectivity index (χ1v) is 13.3.